The number of rotatable bonds is 5. The number of nitrogens with zero attached hydrogens (tertiary/aromatic N) is 2. The Kier molecular flexibility index (Phi) is 5.62. The highest BCUT2D eigenvalue weighted by Gasteiger charge is 2.34. The molecule has 0 aromatic heterocycles. The zero-order valence-electron chi connectivity index (χ0n) is 16.7. The van der Waals surface area contributed by atoms with Crippen molar-refractivity contribution < 1.29 is 28.0 Å². The van der Waals surface area contributed by atoms with Gasteiger partial charge in [-0.3, -0.25) is 10.1 Å². The average molecular weight is 478 g/mol. The highest BCUT2D eigenvalue weighted by molar-refractivity contribution is 6.31. The molecule has 1 heterocycles. The number of carbonyl (C=O) groups is 1. The first-order chi connectivity index (χ1) is 15.5. The van der Waals surface area contributed by atoms with Crippen molar-refractivity contribution in [1.29, 1.82) is 0 Å². The maximum absolute atomic E-state index is 13.2. The number of anilines is 3. The van der Waals surface area contributed by atoms with Crippen LogP contribution in [0.15, 0.2) is 54.6 Å². The van der Waals surface area contributed by atoms with E-state index in [0.717, 1.165) is 17.2 Å². The van der Waals surface area contributed by atoms with Crippen molar-refractivity contribution in [1.82, 2.24) is 0 Å². The second-order valence-electron chi connectivity index (χ2n) is 7.39. The molecule has 0 aliphatic carbocycles. The Morgan fingerprint density at radius 2 is 1.82 bits per heavy atom. The second-order valence-corrected chi connectivity index (χ2v) is 7.80. The number of alkyl halides is 3. The minimum Gasteiger partial charge on any atom is -0.478 e. The van der Waals surface area contributed by atoms with Crippen molar-refractivity contribution in [2.75, 3.05) is 10.2 Å². The Morgan fingerprint density at radius 1 is 1.09 bits per heavy atom. The van der Waals surface area contributed by atoms with Gasteiger partial charge in [0.05, 0.1) is 21.1 Å². The fraction of sp³-hybridized carbons (Fsp3) is 0.136. The number of nitro benzene ring substituents is 1. The molecule has 0 amide bonds. The van der Waals surface area contributed by atoms with Crippen LogP contribution in [0, 0.1) is 10.1 Å². The third-order valence-corrected chi connectivity index (χ3v) is 5.62. The van der Waals surface area contributed by atoms with E-state index in [2.05, 4.69) is 5.32 Å². The number of hydrogen-bond donors (Lipinski definition) is 2. The molecule has 3 aromatic carbocycles. The fourth-order valence-electron chi connectivity index (χ4n) is 3.73. The topological polar surface area (TPSA) is 95.7 Å². The molecule has 0 saturated heterocycles. The molecule has 7 nitrogen and oxygen atoms in total. The Bertz CT molecular complexity index is 1250. The quantitative estimate of drug-likeness (QED) is 0.334. The van der Waals surface area contributed by atoms with Crippen molar-refractivity contribution in [3.05, 3.63) is 92.0 Å². The molecule has 33 heavy (non-hydrogen) atoms. The van der Waals surface area contributed by atoms with Gasteiger partial charge >= 0.3 is 12.1 Å². The molecule has 0 saturated carbocycles. The molecule has 0 unspecified atom stereocenters. The van der Waals surface area contributed by atoms with Crippen LogP contribution in [0.25, 0.3) is 0 Å². The molecule has 0 atom stereocenters. The maximum atomic E-state index is 13.2. The van der Waals surface area contributed by atoms with Gasteiger partial charge < -0.3 is 15.3 Å². The predicted molar refractivity (Wildman–Crippen MR) is 116 cm³/mol. The second kappa shape index (κ2) is 8.28. The average Bonchev–Trinajstić information content (AvgIpc) is 3.16. The molecular weight excluding hydrogens is 463 g/mol. The van der Waals surface area contributed by atoms with Crippen LogP contribution in [0.1, 0.15) is 27.0 Å². The molecule has 170 valence electrons. The first kappa shape index (κ1) is 22.4. The van der Waals surface area contributed by atoms with E-state index < -0.39 is 28.3 Å². The minimum absolute atomic E-state index is 0.155. The largest absolute Gasteiger partial charge is 0.478 e. The van der Waals surface area contributed by atoms with Gasteiger partial charge in [-0.25, -0.2) is 4.79 Å². The molecule has 0 radical (unpaired) electrons. The summed E-state index contributed by atoms with van der Waals surface area (Å²) in [7, 11) is 0. The van der Waals surface area contributed by atoms with Gasteiger partial charge in [-0.2, -0.15) is 13.2 Å². The Morgan fingerprint density at radius 3 is 2.48 bits per heavy atom. The highest BCUT2D eigenvalue weighted by Crippen LogP contribution is 2.39. The first-order valence-electron chi connectivity index (χ1n) is 9.56. The zero-order chi connectivity index (χ0) is 23.9. The summed E-state index contributed by atoms with van der Waals surface area (Å²) in [5, 5.41) is 23.2. The number of fused-ring (bicyclic) bond motifs is 1. The van der Waals surface area contributed by atoms with Gasteiger partial charge in [0, 0.05) is 30.5 Å². The maximum Gasteiger partial charge on any atom is 0.417 e. The van der Waals surface area contributed by atoms with Gasteiger partial charge in [-0.05, 0) is 47.5 Å². The smallest absolute Gasteiger partial charge is 0.417 e. The molecule has 4 rings (SSSR count). The lowest BCUT2D eigenvalue weighted by Crippen LogP contribution is -2.16. The summed E-state index contributed by atoms with van der Waals surface area (Å²) in [6, 6.07) is 12.5. The number of para-hydroxylation sites is 1. The third-order valence-electron chi connectivity index (χ3n) is 5.29. The molecule has 0 spiro atoms. The van der Waals surface area contributed by atoms with E-state index >= 15 is 0 Å². The van der Waals surface area contributed by atoms with Crippen molar-refractivity contribution in [2.24, 2.45) is 0 Å². The van der Waals surface area contributed by atoms with Crippen LogP contribution in [0.4, 0.5) is 35.9 Å². The summed E-state index contributed by atoms with van der Waals surface area (Å²) in [5.74, 6) is -1.32. The summed E-state index contributed by atoms with van der Waals surface area (Å²) >= 11 is 5.71. The van der Waals surface area contributed by atoms with Gasteiger partial charge in [0.1, 0.15) is 5.69 Å². The summed E-state index contributed by atoms with van der Waals surface area (Å²) in [4.78, 5) is 24.0. The van der Waals surface area contributed by atoms with E-state index in [1.165, 1.54) is 30.3 Å². The van der Waals surface area contributed by atoms with Gasteiger partial charge in [-0.15, -0.1) is 0 Å². The van der Waals surface area contributed by atoms with Crippen LogP contribution < -0.4 is 10.2 Å². The van der Waals surface area contributed by atoms with Crippen molar-refractivity contribution in [2.45, 2.75) is 19.3 Å². The van der Waals surface area contributed by atoms with Crippen LogP contribution in [-0.4, -0.2) is 16.0 Å². The standard InChI is InChI=1S/C22H15ClF3N3O4/c23-18-7-6-15(9-17(18)22(24,25)26)28-10-12-4-5-14(8-13(12)11-28)27-20-16(21(30)31)2-1-3-19(20)29(32)33/h1-9,27H,10-11H2,(H,30,31). The summed E-state index contributed by atoms with van der Waals surface area (Å²) in [6.07, 6.45) is -4.58. The third kappa shape index (κ3) is 4.42. The lowest BCUT2D eigenvalue weighted by molar-refractivity contribution is -0.383. The van der Waals surface area contributed by atoms with E-state index in [1.54, 1.807) is 23.1 Å². The van der Waals surface area contributed by atoms with E-state index in [1.807, 2.05) is 0 Å². The Labute approximate surface area is 190 Å². The van der Waals surface area contributed by atoms with Crippen LogP contribution in [0.3, 0.4) is 0 Å². The molecular formula is C22H15ClF3N3O4. The molecule has 1 aliphatic rings. The molecule has 0 bridgehead atoms. The van der Waals surface area contributed by atoms with Gasteiger partial charge in [0.2, 0.25) is 0 Å². The van der Waals surface area contributed by atoms with E-state index in [9.17, 15) is 33.2 Å². The number of nitro groups is 1. The normalized spacial score (nSPS) is 13.0. The number of carboxylic acid groups (broad SMARTS) is 1. The van der Waals surface area contributed by atoms with E-state index in [-0.39, 0.29) is 16.3 Å². The number of halogens is 4. The Hall–Kier alpha value is -3.79. The first-order valence-corrected chi connectivity index (χ1v) is 9.93. The summed E-state index contributed by atoms with van der Waals surface area (Å²) in [6.45, 7) is 0.660. The number of nitrogens with one attached hydrogen (secondary N) is 1. The summed E-state index contributed by atoms with van der Waals surface area (Å²) < 4.78 is 39.6. The van der Waals surface area contributed by atoms with Crippen LogP contribution in [0.5, 0.6) is 0 Å². The van der Waals surface area contributed by atoms with Crippen LogP contribution in [-0.2, 0) is 19.3 Å². The van der Waals surface area contributed by atoms with Crippen LogP contribution in [0.2, 0.25) is 5.02 Å². The lowest BCUT2D eigenvalue weighted by Gasteiger charge is -2.20. The number of aromatic carboxylic acids is 1. The molecule has 3 aromatic rings. The summed E-state index contributed by atoms with van der Waals surface area (Å²) in [5.41, 5.74) is 0.702. The fourth-order valence-corrected chi connectivity index (χ4v) is 3.95. The predicted octanol–water partition coefficient (Wildman–Crippen LogP) is 6.23. The molecule has 0 fully saturated rings. The minimum atomic E-state index is -4.58. The Balaban J connectivity index is 1.63. The van der Waals surface area contributed by atoms with E-state index in [4.69, 9.17) is 11.6 Å². The van der Waals surface area contributed by atoms with Gasteiger partial charge in [0.15, 0.2) is 0 Å². The number of carboxylic acids is 1. The zero-order valence-corrected chi connectivity index (χ0v) is 17.4. The molecule has 11 heteroatoms. The van der Waals surface area contributed by atoms with Crippen molar-refractivity contribution >= 4 is 40.3 Å². The molecule has 2 N–H and O–H groups in total. The monoisotopic (exact) mass is 477 g/mol. The van der Waals surface area contributed by atoms with Gasteiger partial charge in [0.25, 0.3) is 5.69 Å². The SMILES string of the molecule is O=C(O)c1cccc([N+](=O)[O-])c1Nc1ccc2c(c1)CN(c1ccc(Cl)c(C(F)(F)F)c1)C2. The van der Waals surface area contributed by atoms with E-state index in [0.29, 0.717) is 24.5 Å². The van der Waals surface area contributed by atoms with Crippen LogP contribution >= 0.6 is 11.6 Å². The molecule has 1 aliphatic heterocycles. The highest BCUT2D eigenvalue weighted by atomic mass is 35.5. The number of hydrogen-bond acceptors (Lipinski definition) is 5. The number of benzene rings is 3. The van der Waals surface area contributed by atoms with Crippen molar-refractivity contribution in [3.63, 3.8) is 0 Å². The van der Waals surface area contributed by atoms with Crippen molar-refractivity contribution in [3.8, 4) is 0 Å². The lowest BCUT2D eigenvalue weighted by atomic mass is 10.1. The van der Waals surface area contributed by atoms with Gasteiger partial charge in [-0.1, -0.05) is 23.7 Å².